The maximum atomic E-state index is 12.0. The van der Waals surface area contributed by atoms with Crippen LogP contribution in [0.5, 0.6) is 0 Å². The van der Waals surface area contributed by atoms with Gasteiger partial charge in [-0.05, 0) is 43.0 Å². The van der Waals surface area contributed by atoms with Crippen LogP contribution in [0.1, 0.15) is 63.0 Å². The molecule has 0 unspecified atom stereocenters. The molecule has 0 aliphatic heterocycles. The lowest BCUT2D eigenvalue weighted by molar-refractivity contribution is -0.698. The fraction of sp³-hybridized carbons (Fsp3) is 0.480. The van der Waals surface area contributed by atoms with Gasteiger partial charge in [-0.2, -0.15) is 0 Å². The summed E-state index contributed by atoms with van der Waals surface area (Å²) in [5.41, 5.74) is 2.95. The second kappa shape index (κ2) is 14.2. The summed E-state index contributed by atoms with van der Waals surface area (Å²) < 4.78 is 7.16. The van der Waals surface area contributed by atoms with Gasteiger partial charge in [-0.15, -0.1) is 0 Å². The Morgan fingerprint density at radius 1 is 0.968 bits per heavy atom. The number of aromatic nitrogens is 1. The molecule has 2 N–H and O–H groups in total. The van der Waals surface area contributed by atoms with Crippen LogP contribution in [0, 0.1) is 0 Å². The number of hydrogen-bond donors (Lipinski definition) is 2. The van der Waals surface area contributed by atoms with Gasteiger partial charge in [-0.3, -0.25) is 10.1 Å². The fourth-order valence-corrected chi connectivity index (χ4v) is 3.38. The summed E-state index contributed by atoms with van der Waals surface area (Å²) in [6.07, 6.45) is 12.6. The zero-order valence-electron chi connectivity index (χ0n) is 18.5. The number of aliphatic carboxylic acids is 1. The number of carbonyl (C=O) groups is 2. The molecular formula is C25H35N2O4+. The number of unbranched alkanes of at least 4 members (excludes halogenated alkanes) is 5. The van der Waals surface area contributed by atoms with E-state index in [2.05, 4.69) is 24.4 Å². The fourth-order valence-electron chi connectivity index (χ4n) is 3.38. The zero-order chi connectivity index (χ0) is 22.3. The number of carbonyl (C=O) groups excluding carboxylic acids is 1. The van der Waals surface area contributed by atoms with Gasteiger partial charge >= 0.3 is 12.1 Å². The third-order valence-corrected chi connectivity index (χ3v) is 5.15. The molecule has 0 saturated heterocycles. The summed E-state index contributed by atoms with van der Waals surface area (Å²) in [7, 11) is 0. The highest BCUT2D eigenvalue weighted by Gasteiger charge is 2.08. The molecule has 1 aromatic heterocycles. The first kappa shape index (κ1) is 24.4. The highest BCUT2D eigenvalue weighted by Crippen LogP contribution is 2.13. The molecule has 1 aromatic carbocycles. The van der Waals surface area contributed by atoms with Crippen molar-refractivity contribution in [2.24, 2.45) is 0 Å². The third-order valence-electron chi connectivity index (χ3n) is 5.15. The number of nitrogens with zero attached hydrogens (tertiary/aromatic N) is 1. The first-order chi connectivity index (χ1) is 15.1. The molecule has 2 aromatic rings. The van der Waals surface area contributed by atoms with Gasteiger partial charge < -0.3 is 9.84 Å². The van der Waals surface area contributed by atoms with E-state index in [1.165, 1.54) is 44.1 Å². The van der Waals surface area contributed by atoms with Gasteiger partial charge in [0.1, 0.15) is 0 Å². The standard InChI is InChI=1S/C25H34N2O4/c1-2-3-4-5-6-7-9-21-11-14-23(15-12-21)26-25(30)31-19-18-27-17-8-10-22(20-27)13-16-24(28)29/h8,10-12,14-15,17,20H,2-7,9,13,16,18-19H2,1H3,(H-,26,28,29,30)/p+1. The Kier molecular flexibility index (Phi) is 11.1. The number of hydrogen-bond acceptors (Lipinski definition) is 3. The van der Waals surface area contributed by atoms with Crippen molar-refractivity contribution in [3.05, 3.63) is 59.9 Å². The number of benzene rings is 1. The highest BCUT2D eigenvalue weighted by atomic mass is 16.5. The van der Waals surface area contributed by atoms with E-state index in [9.17, 15) is 9.59 Å². The molecule has 0 saturated carbocycles. The largest absolute Gasteiger partial charge is 0.481 e. The molecule has 1 heterocycles. The lowest BCUT2D eigenvalue weighted by Gasteiger charge is -2.07. The van der Waals surface area contributed by atoms with Gasteiger partial charge in [0.05, 0.1) is 0 Å². The quantitative estimate of drug-likeness (QED) is 0.323. The van der Waals surface area contributed by atoms with Crippen molar-refractivity contribution < 1.29 is 24.0 Å². The van der Waals surface area contributed by atoms with Gasteiger partial charge in [0.25, 0.3) is 0 Å². The molecule has 0 aliphatic carbocycles. The molecule has 0 radical (unpaired) electrons. The van der Waals surface area contributed by atoms with Crippen molar-refractivity contribution in [3.8, 4) is 0 Å². The predicted octanol–water partition coefficient (Wildman–Crippen LogP) is 5.14. The minimum Gasteiger partial charge on any atom is -0.481 e. The molecule has 2 rings (SSSR count). The normalized spacial score (nSPS) is 10.6. The Labute approximate surface area is 185 Å². The Balaban J connectivity index is 1.66. The Morgan fingerprint density at radius 3 is 2.45 bits per heavy atom. The summed E-state index contributed by atoms with van der Waals surface area (Å²) in [6, 6.07) is 11.7. The Bertz CT molecular complexity index is 805. The summed E-state index contributed by atoms with van der Waals surface area (Å²) in [5, 5.41) is 11.5. The van der Waals surface area contributed by atoms with E-state index in [1.807, 2.05) is 41.2 Å². The molecular weight excluding hydrogens is 392 g/mol. The summed E-state index contributed by atoms with van der Waals surface area (Å²) in [6.45, 7) is 2.97. The number of rotatable bonds is 14. The molecule has 0 spiro atoms. The van der Waals surface area contributed by atoms with Crippen LogP contribution in [0.2, 0.25) is 0 Å². The minimum atomic E-state index is -0.814. The van der Waals surface area contributed by atoms with E-state index >= 15 is 0 Å². The number of anilines is 1. The number of carboxylic acids is 1. The molecule has 6 heteroatoms. The highest BCUT2D eigenvalue weighted by molar-refractivity contribution is 5.84. The Hall–Kier alpha value is -2.89. The lowest BCUT2D eigenvalue weighted by atomic mass is 10.0. The molecule has 6 nitrogen and oxygen atoms in total. The van der Waals surface area contributed by atoms with E-state index in [-0.39, 0.29) is 13.0 Å². The number of amides is 1. The van der Waals surface area contributed by atoms with Gasteiger partial charge in [-0.25, -0.2) is 9.36 Å². The van der Waals surface area contributed by atoms with Crippen LogP contribution < -0.4 is 9.88 Å². The molecule has 1 amide bonds. The maximum Gasteiger partial charge on any atom is 0.411 e. The number of nitrogens with one attached hydrogen (secondary N) is 1. The van der Waals surface area contributed by atoms with Gasteiger partial charge in [0, 0.05) is 23.7 Å². The summed E-state index contributed by atoms with van der Waals surface area (Å²) >= 11 is 0. The summed E-state index contributed by atoms with van der Waals surface area (Å²) in [4.78, 5) is 22.7. The molecule has 168 valence electrons. The number of aryl methyl sites for hydroxylation is 2. The van der Waals surface area contributed by atoms with Gasteiger partial charge in [-0.1, -0.05) is 51.2 Å². The number of pyridine rings is 1. The predicted molar refractivity (Wildman–Crippen MR) is 121 cm³/mol. The van der Waals surface area contributed by atoms with Crippen molar-refractivity contribution in [1.29, 1.82) is 0 Å². The molecule has 0 aliphatic rings. The van der Waals surface area contributed by atoms with Gasteiger partial charge in [0.2, 0.25) is 0 Å². The smallest absolute Gasteiger partial charge is 0.411 e. The summed E-state index contributed by atoms with van der Waals surface area (Å²) in [5.74, 6) is -0.814. The van der Waals surface area contributed by atoms with E-state index in [0.717, 1.165) is 17.7 Å². The van der Waals surface area contributed by atoms with Crippen LogP contribution in [0.4, 0.5) is 10.5 Å². The van der Waals surface area contributed by atoms with E-state index < -0.39 is 12.1 Å². The maximum absolute atomic E-state index is 12.0. The van der Waals surface area contributed by atoms with E-state index in [0.29, 0.717) is 13.0 Å². The average molecular weight is 428 g/mol. The molecule has 0 bridgehead atoms. The topological polar surface area (TPSA) is 79.5 Å². The first-order valence-corrected chi connectivity index (χ1v) is 11.3. The molecule has 0 atom stereocenters. The monoisotopic (exact) mass is 427 g/mol. The Morgan fingerprint density at radius 2 is 1.71 bits per heavy atom. The van der Waals surface area contributed by atoms with Crippen LogP contribution in [0.15, 0.2) is 48.8 Å². The zero-order valence-corrected chi connectivity index (χ0v) is 18.5. The third kappa shape index (κ3) is 10.6. The number of ether oxygens (including phenoxy) is 1. The van der Waals surface area contributed by atoms with Crippen molar-refractivity contribution in [1.82, 2.24) is 0 Å². The van der Waals surface area contributed by atoms with E-state index in [4.69, 9.17) is 9.84 Å². The van der Waals surface area contributed by atoms with Gasteiger partial charge in [0.15, 0.2) is 25.5 Å². The van der Waals surface area contributed by atoms with Crippen LogP contribution in [-0.4, -0.2) is 23.8 Å². The first-order valence-electron chi connectivity index (χ1n) is 11.3. The van der Waals surface area contributed by atoms with Crippen LogP contribution >= 0.6 is 0 Å². The second-order valence-electron chi connectivity index (χ2n) is 7.82. The van der Waals surface area contributed by atoms with Crippen LogP contribution in [-0.2, 0) is 28.9 Å². The van der Waals surface area contributed by atoms with Crippen molar-refractivity contribution in [2.75, 3.05) is 11.9 Å². The van der Waals surface area contributed by atoms with Crippen molar-refractivity contribution in [3.63, 3.8) is 0 Å². The van der Waals surface area contributed by atoms with Crippen molar-refractivity contribution >= 4 is 17.7 Å². The molecule has 0 fully saturated rings. The van der Waals surface area contributed by atoms with Crippen LogP contribution in [0.25, 0.3) is 0 Å². The van der Waals surface area contributed by atoms with Crippen molar-refractivity contribution in [2.45, 2.75) is 71.3 Å². The SMILES string of the molecule is CCCCCCCCc1ccc(NC(=O)OCC[n+]2cccc(CCC(=O)O)c2)cc1. The molecule has 31 heavy (non-hydrogen) atoms. The van der Waals surface area contributed by atoms with Crippen LogP contribution in [0.3, 0.4) is 0 Å². The lowest BCUT2D eigenvalue weighted by Crippen LogP contribution is -2.36. The second-order valence-corrected chi connectivity index (χ2v) is 7.82. The average Bonchev–Trinajstić information content (AvgIpc) is 2.76. The number of carboxylic acid groups (broad SMARTS) is 1. The van der Waals surface area contributed by atoms with E-state index in [1.54, 1.807) is 0 Å². The minimum absolute atomic E-state index is 0.0979.